The molecule has 2 heterocycles. The van der Waals surface area contributed by atoms with E-state index in [-0.39, 0.29) is 0 Å². The number of nitrogen functional groups attached to an aromatic ring is 1. The van der Waals surface area contributed by atoms with E-state index < -0.39 is 0 Å². The Morgan fingerprint density at radius 2 is 1.65 bits per heavy atom. The molecule has 0 aliphatic rings. The number of aryl methyl sites for hydroxylation is 1. The van der Waals surface area contributed by atoms with Crippen LogP contribution in [0.4, 0.5) is 5.82 Å². The standard InChI is InChI=1S/C20H29N3/c1-2-3-4-5-6-7-8-9-12-17-15-18(16-23-20(17)21)19-13-10-11-14-22-19/h10-11,13-16H,2-9,12H2,1H3,(H2,21,23). The molecule has 124 valence electrons. The molecule has 0 saturated heterocycles. The second-order valence-electron chi connectivity index (χ2n) is 6.21. The van der Waals surface area contributed by atoms with Gasteiger partial charge in [0, 0.05) is 18.0 Å². The maximum absolute atomic E-state index is 6.03. The van der Waals surface area contributed by atoms with Gasteiger partial charge in [0.05, 0.1) is 5.69 Å². The predicted molar refractivity (Wildman–Crippen MR) is 98.2 cm³/mol. The van der Waals surface area contributed by atoms with Gasteiger partial charge in [-0.2, -0.15) is 0 Å². The lowest BCUT2D eigenvalue weighted by Gasteiger charge is -2.08. The highest BCUT2D eigenvalue weighted by molar-refractivity contribution is 5.61. The van der Waals surface area contributed by atoms with E-state index in [9.17, 15) is 0 Å². The Morgan fingerprint density at radius 1 is 0.913 bits per heavy atom. The Balaban J connectivity index is 1.79. The quantitative estimate of drug-likeness (QED) is 0.597. The fourth-order valence-corrected chi connectivity index (χ4v) is 2.84. The van der Waals surface area contributed by atoms with Crippen LogP contribution in [0.15, 0.2) is 36.7 Å². The van der Waals surface area contributed by atoms with Crippen LogP contribution < -0.4 is 5.73 Å². The molecule has 0 spiro atoms. The van der Waals surface area contributed by atoms with Gasteiger partial charge in [0.1, 0.15) is 5.82 Å². The third-order valence-corrected chi connectivity index (χ3v) is 4.26. The van der Waals surface area contributed by atoms with Crippen LogP contribution in [0.3, 0.4) is 0 Å². The van der Waals surface area contributed by atoms with Crippen LogP contribution in [0, 0.1) is 0 Å². The summed E-state index contributed by atoms with van der Waals surface area (Å²) in [7, 11) is 0. The summed E-state index contributed by atoms with van der Waals surface area (Å²) >= 11 is 0. The highest BCUT2D eigenvalue weighted by atomic mass is 14.8. The molecule has 0 aromatic carbocycles. The van der Waals surface area contributed by atoms with Crippen LogP contribution in [0.2, 0.25) is 0 Å². The third kappa shape index (κ3) is 6.01. The first-order valence-corrected chi connectivity index (χ1v) is 8.97. The number of pyridine rings is 2. The zero-order valence-electron chi connectivity index (χ0n) is 14.3. The van der Waals surface area contributed by atoms with Crippen molar-refractivity contribution in [3.63, 3.8) is 0 Å². The molecule has 0 unspecified atom stereocenters. The Hall–Kier alpha value is -1.90. The molecule has 0 bridgehead atoms. The molecule has 0 fully saturated rings. The molecule has 0 aliphatic heterocycles. The van der Waals surface area contributed by atoms with Gasteiger partial charge in [0.25, 0.3) is 0 Å². The Morgan fingerprint density at radius 3 is 2.35 bits per heavy atom. The van der Waals surface area contributed by atoms with E-state index in [1.165, 1.54) is 51.4 Å². The molecular weight excluding hydrogens is 282 g/mol. The number of rotatable bonds is 10. The molecule has 2 aromatic rings. The smallest absolute Gasteiger partial charge is 0.126 e. The van der Waals surface area contributed by atoms with Crippen LogP contribution in [-0.4, -0.2) is 9.97 Å². The molecule has 23 heavy (non-hydrogen) atoms. The number of nitrogens with two attached hydrogens (primary N) is 1. The molecule has 0 radical (unpaired) electrons. The number of nitrogens with zero attached hydrogens (tertiary/aromatic N) is 2. The van der Waals surface area contributed by atoms with Crippen molar-refractivity contribution in [2.45, 2.75) is 64.7 Å². The van der Waals surface area contributed by atoms with Crippen molar-refractivity contribution >= 4 is 5.82 Å². The van der Waals surface area contributed by atoms with Crippen LogP contribution >= 0.6 is 0 Å². The minimum absolute atomic E-state index is 0.660. The van der Waals surface area contributed by atoms with Crippen molar-refractivity contribution in [1.29, 1.82) is 0 Å². The zero-order chi connectivity index (χ0) is 16.3. The van der Waals surface area contributed by atoms with E-state index in [4.69, 9.17) is 5.73 Å². The topological polar surface area (TPSA) is 51.8 Å². The molecular formula is C20H29N3. The summed E-state index contributed by atoms with van der Waals surface area (Å²) in [6.07, 6.45) is 15.3. The molecule has 0 atom stereocenters. The summed E-state index contributed by atoms with van der Waals surface area (Å²) in [5, 5.41) is 0. The van der Waals surface area contributed by atoms with Crippen LogP contribution in [0.1, 0.15) is 63.9 Å². The Labute approximate surface area is 140 Å². The van der Waals surface area contributed by atoms with E-state index in [2.05, 4.69) is 23.0 Å². The van der Waals surface area contributed by atoms with Crippen LogP contribution in [0.5, 0.6) is 0 Å². The van der Waals surface area contributed by atoms with Gasteiger partial charge < -0.3 is 5.73 Å². The van der Waals surface area contributed by atoms with E-state index in [0.717, 1.165) is 23.2 Å². The number of hydrogen-bond donors (Lipinski definition) is 1. The molecule has 3 heteroatoms. The van der Waals surface area contributed by atoms with Gasteiger partial charge in [0.15, 0.2) is 0 Å². The molecule has 2 rings (SSSR count). The van der Waals surface area contributed by atoms with Gasteiger partial charge in [-0.15, -0.1) is 0 Å². The predicted octanol–water partition coefficient (Wildman–Crippen LogP) is 5.41. The molecule has 3 nitrogen and oxygen atoms in total. The average Bonchev–Trinajstić information content (AvgIpc) is 2.59. The van der Waals surface area contributed by atoms with E-state index in [0.29, 0.717) is 5.82 Å². The molecule has 0 amide bonds. The Bertz CT molecular complexity index is 566. The minimum atomic E-state index is 0.660. The SMILES string of the molecule is CCCCCCCCCCc1cc(-c2ccccn2)cnc1N. The van der Waals surface area contributed by atoms with Crippen molar-refractivity contribution in [2.75, 3.05) is 5.73 Å². The maximum Gasteiger partial charge on any atom is 0.126 e. The summed E-state index contributed by atoms with van der Waals surface area (Å²) in [6.45, 7) is 2.26. The van der Waals surface area contributed by atoms with Crippen LogP contribution in [-0.2, 0) is 6.42 Å². The van der Waals surface area contributed by atoms with E-state index in [1.807, 2.05) is 30.6 Å². The number of anilines is 1. The summed E-state index contributed by atoms with van der Waals surface area (Å²) < 4.78 is 0. The zero-order valence-corrected chi connectivity index (χ0v) is 14.3. The minimum Gasteiger partial charge on any atom is -0.383 e. The van der Waals surface area contributed by atoms with E-state index >= 15 is 0 Å². The van der Waals surface area contributed by atoms with Gasteiger partial charge in [-0.1, -0.05) is 57.9 Å². The van der Waals surface area contributed by atoms with Crippen molar-refractivity contribution in [2.24, 2.45) is 0 Å². The highest BCUT2D eigenvalue weighted by Crippen LogP contribution is 2.21. The normalized spacial score (nSPS) is 10.8. The second-order valence-corrected chi connectivity index (χ2v) is 6.21. The average molecular weight is 311 g/mol. The first-order chi connectivity index (χ1) is 11.3. The van der Waals surface area contributed by atoms with Gasteiger partial charge in [0.2, 0.25) is 0 Å². The third-order valence-electron chi connectivity index (χ3n) is 4.26. The molecule has 0 saturated carbocycles. The molecule has 2 N–H and O–H groups in total. The summed E-state index contributed by atoms with van der Waals surface area (Å²) in [5.74, 6) is 0.660. The maximum atomic E-state index is 6.03. The summed E-state index contributed by atoms with van der Waals surface area (Å²) in [4.78, 5) is 8.73. The summed E-state index contributed by atoms with van der Waals surface area (Å²) in [5.41, 5.74) is 9.19. The number of aromatic nitrogens is 2. The van der Waals surface area contributed by atoms with Crippen molar-refractivity contribution in [3.8, 4) is 11.3 Å². The lowest BCUT2D eigenvalue weighted by Crippen LogP contribution is -1.99. The lowest BCUT2D eigenvalue weighted by molar-refractivity contribution is 0.575. The largest absolute Gasteiger partial charge is 0.383 e. The first kappa shape index (κ1) is 17.5. The molecule has 2 aromatic heterocycles. The van der Waals surface area contributed by atoms with Crippen LogP contribution in [0.25, 0.3) is 11.3 Å². The Kier molecular flexibility index (Phi) is 7.58. The van der Waals surface area contributed by atoms with Gasteiger partial charge in [-0.3, -0.25) is 4.98 Å². The highest BCUT2D eigenvalue weighted by Gasteiger charge is 2.05. The van der Waals surface area contributed by atoms with Gasteiger partial charge in [-0.25, -0.2) is 4.98 Å². The fourth-order valence-electron chi connectivity index (χ4n) is 2.84. The second kappa shape index (κ2) is 9.98. The molecule has 0 aliphatic carbocycles. The summed E-state index contributed by atoms with van der Waals surface area (Å²) in [6, 6.07) is 8.08. The van der Waals surface area contributed by atoms with Crippen molar-refractivity contribution < 1.29 is 0 Å². The van der Waals surface area contributed by atoms with Gasteiger partial charge in [-0.05, 0) is 36.6 Å². The van der Waals surface area contributed by atoms with E-state index in [1.54, 1.807) is 0 Å². The fraction of sp³-hybridized carbons (Fsp3) is 0.500. The first-order valence-electron chi connectivity index (χ1n) is 8.97. The monoisotopic (exact) mass is 311 g/mol. The number of unbranched alkanes of at least 4 members (excludes halogenated alkanes) is 7. The number of hydrogen-bond acceptors (Lipinski definition) is 3. The van der Waals surface area contributed by atoms with Crippen molar-refractivity contribution in [1.82, 2.24) is 9.97 Å². The lowest BCUT2D eigenvalue weighted by atomic mass is 10.0. The van der Waals surface area contributed by atoms with Gasteiger partial charge >= 0.3 is 0 Å². The van der Waals surface area contributed by atoms with Crippen molar-refractivity contribution in [3.05, 3.63) is 42.2 Å².